The van der Waals surface area contributed by atoms with Crippen LogP contribution in [0, 0.1) is 5.82 Å². The van der Waals surface area contributed by atoms with Crippen LogP contribution in [0.25, 0.3) is 11.1 Å². The number of nitrogen functional groups attached to an aromatic ring is 1. The van der Waals surface area contributed by atoms with Crippen LogP contribution in [0.3, 0.4) is 0 Å². The highest BCUT2D eigenvalue weighted by Gasteiger charge is 2.26. The summed E-state index contributed by atoms with van der Waals surface area (Å²) in [4.78, 5) is 24.0. The second-order valence-electron chi connectivity index (χ2n) is 5.87. The predicted octanol–water partition coefficient (Wildman–Crippen LogP) is 3.24. The lowest BCUT2D eigenvalue weighted by atomic mass is 10.0. The van der Waals surface area contributed by atoms with E-state index in [1.165, 1.54) is 22.8 Å². The van der Waals surface area contributed by atoms with Gasteiger partial charge in [-0.3, -0.25) is 9.36 Å². The lowest BCUT2D eigenvalue weighted by Crippen LogP contribution is -2.31. The molecule has 0 saturated heterocycles. The van der Waals surface area contributed by atoms with E-state index < -0.39 is 23.4 Å². The van der Waals surface area contributed by atoms with Gasteiger partial charge in [0.05, 0.1) is 5.02 Å². The van der Waals surface area contributed by atoms with Crippen molar-refractivity contribution in [3.05, 3.63) is 51.2 Å². The topological polar surface area (TPSA) is 85.3 Å². The highest BCUT2D eigenvalue weighted by molar-refractivity contribution is 6.31. The smallest absolute Gasteiger partial charge is 0.326 e. The van der Waals surface area contributed by atoms with Crippen LogP contribution in [0.15, 0.2) is 29.1 Å². The zero-order chi connectivity index (χ0) is 17.4. The Morgan fingerprint density at radius 2 is 2.08 bits per heavy atom. The van der Waals surface area contributed by atoms with Crippen LogP contribution in [-0.4, -0.2) is 15.6 Å². The molecule has 0 radical (unpaired) electrons. The zero-order valence-corrected chi connectivity index (χ0v) is 13.5. The van der Waals surface area contributed by atoms with E-state index in [-0.39, 0.29) is 16.3 Å². The van der Waals surface area contributed by atoms with Crippen molar-refractivity contribution in [3.8, 4) is 11.1 Å². The molecule has 1 aromatic heterocycles. The van der Waals surface area contributed by atoms with Crippen molar-refractivity contribution in [2.75, 3.05) is 5.73 Å². The summed E-state index contributed by atoms with van der Waals surface area (Å²) in [5, 5.41) is 9.30. The summed E-state index contributed by atoms with van der Waals surface area (Å²) in [5.41, 5.74) is 6.50. The summed E-state index contributed by atoms with van der Waals surface area (Å²) in [6.45, 7) is 0. The van der Waals surface area contributed by atoms with Gasteiger partial charge in [-0.25, -0.2) is 9.18 Å². The second-order valence-corrected chi connectivity index (χ2v) is 6.28. The summed E-state index contributed by atoms with van der Waals surface area (Å²) in [7, 11) is 0. The number of nitrogens with two attached hydrogens (primary N) is 1. The number of hydrogen-bond acceptors (Lipinski definition) is 3. The Bertz CT molecular complexity index is 879. The molecular formula is C17H16ClFN2O3. The van der Waals surface area contributed by atoms with Gasteiger partial charge in [0.1, 0.15) is 6.04 Å². The average molecular weight is 351 g/mol. The molecule has 1 unspecified atom stereocenters. The van der Waals surface area contributed by atoms with Gasteiger partial charge in [-0.2, -0.15) is 0 Å². The average Bonchev–Trinajstić information content (AvgIpc) is 2.74. The summed E-state index contributed by atoms with van der Waals surface area (Å²) < 4.78 is 15.7. The van der Waals surface area contributed by atoms with Crippen molar-refractivity contribution in [3.63, 3.8) is 0 Å². The molecule has 0 saturated carbocycles. The number of carboxylic acids is 1. The molecule has 3 rings (SSSR count). The van der Waals surface area contributed by atoms with Gasteiger partial charge in [-0.1, -0.05) is 18.0 Å². The largest absolute Gasteiger partial charge is 0.480 e. The second kappa shape index (κ2) is 6.28. The Morgan fingerprint density at radius 1 is 1.33 bits per heavy atom. The molecule has 1 atom stereocenters. The first-order chi connectivity index (χ1) is 11.4. The summed E-state index contributed by atoms with van der Waals surface area (Å²) in [6, 6.07) is 4.78. The fourth-order valence-electron chi connectivity index (χ4n) is 3.19. The van der Waals surface area contributed by atoms with E-state index in [0.29, 0.717) is 30.5 Å². The molecule has 7 heteroatoms. The number of carboxylic acid groups (broad SMARTS) is 1. The first kappa shape index (κ1) is 16.5. The highest BCUT2D eigenvalue weighted by atomic mass is 35.5. The lowest BCUT2D eigenvalue weighted by molar-refractivity contribution is -0.141. The van der Waals surface area contributed by atoms with Crippen molar-refractivity contribution >= 4 is 23.3 Å². The number of aryl methyl sites for hydroxylation is 1. The van der Waals surface area contributed by atoms with Gasteiger partial charge in [-0.15, -0.1) is 0 Å². The first-order valence-electron chi connectivity index (χ1n) is 7.62. The van der Waals surface area contributed by atoms with E-state index in [4.69, 9.17) is 17.3 Å². The SMILES string of the molecule is Nc1ccc(Cl)c(F)c1-c1cc2n(c(=O)c1)C(C(=O)O)CCCC2. The maximum Gasteiger partial charge on any atom is 0.326 e. The van der Waals surface area contributed by atoms with E-state index in [9.17, 15) is 19.1 Å². The Kier molecular flexibility index (Phi) is 4.32. The number of carbonyl (C=O) groups is 1. The predicted molar refractivity (Wildman–Crippen MR) is 89.7 cm³/mol. The summed E-state index contributed by atoms with van der Waals surface area (Å²) in [5.74, 6) is -1.73. The number of benzene rings is 1. The number of nitrogens with zero attached hydrogens (tertiary/aromatic N) is 1. The molecule has 0 fully saturated rings. The number of pyridine rings is 1. The van der Waals surface area contributed by atoms with Crippen LogP contribution in [0.5, 0.6) is 0 Å². The fourth-order valence-corrected chi connectivity index (χ4v) is 3.35. The van der Waals surface area contributed by atoms with Crippen LogP contribution in [0.2, 0.25) is 5.02 Å². The van der Waals surface area contributed by atoms with Crippen molar-refractivity contribution in [1.29, 1.82) is 0 Å². The number of hydrogen-bond donors (Lipinski definition) is 2. The van der Waals surface area contributed by atoms with Gasteiger partial charge in [0.2, 0.25) is 0 Å². The number of halogens is 2. The molecule has 0 spiro atoms. The van der Waals surface area contributed by atoms with E-state index in [0.717, 1.165) is 6.42 Å². The molecule has 1 aliphatic heterocycles. The molecule has 2 heterocycles. The normalized spacial score (nSPS) is 17.2. The molecule has 126 valence electrons. The van der Waals surface area contributed by atoms with Crippen LogP contribution >= 0.6 is 11.6 Å². The van der Waals surface area contributed by atoms with Crippen LogP contribution in [0.1, 0.15) is 31.0 Å². The molecule has 24 heavy (non-hydrogen) atoms. The van der Waals surface area contributed by atoms with Gasteiger partial charge < -0.3 is 10.8 Å². The molecule has 1 aromatic carbocycles. The molecular weight excluding hydrogens is 335 g/mol. The van der Waals surface area contributed by atoms with Crippen molar-refractivity contribution in [2.45, 2.75) is 31.7 Å². The monoisotopic (exact) mass is 350 g/mol. The minimum atomic E-state index is -1.04. The number of anilines is 1. The molecule has 0 aliphatic carbocycles. The zero-order valence-electron chi connectivity index (χ0n) is 12.8. The first-order valence-corrected chi connectivity index (χ1v) is 8.00. The number of fused-ring (bicyclic) bond motifs is 1. The number of rotatable bonds is 2. The molecule has 1 aliphatic rings. The third-order valence-electron chi connectivity index (χ3n) is 4.32. The third kappa shape index (κ3) is 2.78. The standard InChI is InChI=1S/C17H16ClFN2O3/c18-11-5-6-12(20)15(16(11)19)9-7-10-3-1-2-4-13(17(23)24)21(10)14(22)8-9/h5-8,13H,1-4,20H2,(H,23,24). The van der Waals surface area contributed by atoms with Crippen molar-refractivity contribution < 1.29 is 14.3 Å². The van der Waals surface area contributed by atoms with Crippen LogP contribution in [-0.2, 0) is 11.2 Å². The van der Waals surface area contributed by atoms with Crippen LogP contribution in [0.4, 0.5) is 10.1 Å². The molecule has 3 N–H and O–H groups in total. The Morgan fingerprint density at radius 3 is 2.79 bits per heavy atom. The number of aliphatic carboxylic acids is 1. The Labute approximate surface area is 142 Å². The minimum Gasteiger partial charge on any atom is -0.480 e. The summed E-state index contributed by atoms with van der Waals surface area (Å²) >= 11 is 5.82. The third-order valence-corrected chi connectivity index (χ3v) is 4.61. The van der Waals surface area contributed by atoms with Gasteiger partial charge >= 0.3 is 5.97 Å². The summed E-state index contributed by atoms with van der Waals surface area (Å²) in [6.07, 6.45) is 2.42. The van der Waals surface area contributed by atoms with Gasteiger partial charge in [-0.05, 0) is 43.0 Å². The molecule has 2 aromatic rings. The van der Waals surface area contributed by atoms with E-state index in [1.807, 2.05) is 0 Å². The van der Waals surface area contributed by atoms with E-state index >= 15 is 0 Å². The maximum absolute atomic E-state index is 14.4. The van der Waals surface area contributed by atoms with E-state index in [2.05, 4.69) is 0 Å². The van der Waals surface area contributed by atoms with Crippen LogP contribution < -0.4 is 11.3 Å². The van der Waals surface area contributed by atoms with Crippen molar-refractivity contribution in [1.82, 2.24) is 4.57 Å². The van der Waals surface area contributed by atoms with Gasteiger partial charge in [0.25, 0.3) is 5.56 Å². The Balaban J connectivity index is 2.23. The maximum atomic E-state index is 14.4. The lowest BCUT2D eigenvalue weighted by Gasteiger charge is -2.18. The molecule has 5 nitrogen and oxygen atoms in total. The van der Waals surface area contributed by atoms with E-state index in [1.54, 1.807) is 6.07 Å². The Hall–Kier alpha value is -2.34. The number of aromatic nitrogens is 1. The quantitative estimate of drug-likeness (QED) is 0.814. The van der Waals surface area contributed by atoms with Crippen molar-refractivity contribution in [2.24, 2.45) is 0 Å². The molecule has 0 bridgehead atoms. The molecule has 0 amide bonds. The van der Waals surface area contributed by atoms with Gasteiger partial charge in [0.15, 0.2) is 5.82 Å². The van der Waals surface area contributed by atoms with Gasteiger partial charge in [0, 0.05) is 23.0 Å². The minimum absolute atomic E-state index is 0.0686. The fraction of sp³-hybridized carbons (Fsp3) is 0.294. The highest BCUT2D eigenvalue weighted by Crippen LogP contribution is 2.34.